The van der Waals surface area contributed by atoms with Crippen LogP contribution in [-0.4, -0.2) is 18.8 Å². The number of nitrogens with zero attached hydrogens (tertiary/aromatic N) is 4. The van der Waals surface area contributed by atoms with Crippen LogP contribution < -0.4 is 0 Å². The van der Waals surface area contributed by atoms with Gasteiger partial charge in [0.05, 0.1) is 11.4 Å². The highest BCUT2D eigenvalue weighted by Gasteiger charge is 2.18. The lowest BCUT2D eigenvalue weighted by molar-refractivity contribution is 1.13. The molecule has 0 bridgehead atoms. The molecule has 4 nitrogen and oxygen atoms in total. The van der Waals surface area contributed by atoms with Gasteiger partial charge in [0.25, 0.3) is 0 Å². The first-order valence-electron chi connectivity index (χ1n) is 11.3. The Balaban J connectivity index is 1.60. The lowest BCUT2D eigenvalue weighted by Gasteiger charge is -2.15. The van der Waals surface area contributed by atoms with Crippen LogP contribution in [0.1, 0.15) is 30.7 Å². The number of aromatic nitrogens is 4. The first-order chi connectivity index (χ1) is 16.1. The summed E-state index contributed by atoms with van der Waals surface area (Å²) in [7, 11) is 0. The largest absolute Gasteiger partial charge is 0.297 e. The van der Waals surface area contributed by atoms with Gasteiger partial charge in [0.2, 0.25) is 0 Å². The smallest absolute Gasteiger partial charge is 0.194 e. The quantitative estimate of drug-likeness (QED) is 0.262. The third-order valence-corrected chi connectivity index (χ3v) is 8.04. The summed E-state index contributed by atoms with van der Waals surface area (Å²) in [5.41, 5.74) is 10.6. The van der Waals surface area contributed by atoms with E-state index in [1.807, 2.05) is 0 Å². The molecular weight excluding hydrogens is 444 g/mol. The van der Waals surface area contributed by atoms with E-state index in [-0.39, 0.29) is 0 Å². The minimum atomic E-state index is 0.993. The summed E-state index contributed by atoms with van der Waals surface area (Å²) in [4.78, 5) is 12.0. The highest BCUT2D eigenvalue weighted by atomic mass is 32.1. The van der Waals surface area contributed by atoms with Crippen molar-refractivity contribution in [2.75, 3.05) is 0 Å². The summed E-state index contributed by atoms with van der Waals surface area (Å²) < 4.78 is 4.29. The normalized spacial score (nSPS) is 11.7. The molecule has 0 spiro atoms. The average Bonchev–Trinajstić information content (AvgIpc) is 3.61. The number of fused-ring (bicyclic) bond motifs is 2. The van der Waals surface area contributed by atoms with Gasteiger partial charge in [-0.25, -0.2) is 9.97 Å². The van der Waals surface area contributed by atoms with Gasteiger partial charge in [-0.3, -0.25) is 8.80 Å². The van der Waals surface area contributed by atoms with Gasteiger partial charge in [0, 0.05) is 46.2 Å². The van der Waals surface area contributed by atoms with Crippen molar-refractivity contribution in [1.82, 2.24) is 18.8 Å². The lowest BCUT2D eigenvalue weighted by atomic mass is 9.90. The van der Waals surface area contributed by atoms with Crippen molar-refractivity contribution in [3.63, 3.8) is 0 Å². The van der Waals surface area contributed by atoms with E-state index in [4.69, 9.17) is 9.97 Å². The highest BCUT2D eigenvalue weighted by molar-refractivity contribution is 7.15. The molecule has 0 atom stereocenters. The van der Waals surface area contributed by atoms with Gasteiger partial charge < -0.3 is 0 Å². The second-order valence-corrected chi connectivity index (χ2v) is 10.1. The Morgan fingerprint density at radius 2 is 1.45 bits per heavy atom. The highest BCUT2D eigenvalue weighted by Crippen LogP contribution is 2.39. The molecule has 33 heavy (non-hydrogen) atoms. The molecular formula is C27H24N4S2. The van der Waals surface area contributed by atoms with Gasteiger partial charge in [-0.05, 0) is 48.1 Å². The number of rotatable bonds is 5. The maximum atomic E-state index is 4.97. The average molecular weight is 469 g/mol. The summed E-state index contributed by atoms with van der Waals surface area (Å²) >= 11 is 3.35. The Labute approximate surface area is 200 Å². The molecule has 6 heteroatoms. The monoisotopic (exact) mass is 468 g/mol. The number of hydrogen-bond acceptors (Lipinski definition) is 4. The molecule has 6 rings (SSSR count). The first kappa shape index (κ1) is 20.4. The van der Waals surface area contributed by atoms with Crippen molar-refractivity contribution in [2.24, 2.45) is 0 Å². The maximum absolute atomic E-state index is 4.97. The molecule has 0 amide bonds. The number of imidazole rings is 2. The van der Waals surface area contributed by atoms with Crippen LogP contribution in [0.25, 0.3) is 43.6 Å². The van der Waals surface area contributed by atoms with Gasteiger partial charge in [-0.2, -0.15) is 0 Å². The van der Waals surface area contributed by atoms with Crippen molar-refractivity contribution in [3.8, 4) is 33.6 Å². The standard InChI is InChI=1S/C27H24N4S2/c1-4-18-7-9-21(25-15-31-17(3)16-33-27(31)29-25)22(12-18)20-8-6-19(5-2)13-23(20)24-14-30-10-11-32-26(30)28-24/h6-16H,4-5H2,1-3H3. The second kappa shape index (κ2) is 7.97. The minimum Gasteiger partial charge on any atom is -0.297 e. The van der Waals surface area contributed by atoms with E-state index in [0.717, 1.165) is 39.7 Å². The van der Waals surface area contributed by atoms with Crippen LogP contribution in [-0.2, 0) is 12.8 Å². The topological polar surface area (TPSA) is 34.6 Å². The molecule has 0 aliphatic carbocycles. The Kier molecular flexibility index (Phi) is 4.93. The zero-order valence-electron chi connectivity index (χ0n) is 18.9. The predicted octanol–water partition coefficient (Wildman–Crippen LogP) is 7.54. The third kappa shape index (κ3) is 3.41. The van der Waals surface area contributed by atoms with Gasteiger partial charge in [0.1, 0.15) is 0 Å². The molecule has 6 aromatic rings. The first-order valence-corrected chi connectivity index (χ1v) is 13.0. The molecule has 0 aliphatic heterocycles. The van der Waals surface area contributed by atoms with Crippen LogP contribution in [0.2, 0.25) is 0 Å². The number of benzene rings is 2. The summed E-state index contributed by atoms with van der Waals surface area (Å²) in [6.45, 7) is 6.54. The van der Waals surface area contributed by atoms with Crippen LogP contribution in [0.4, 0.5) is 0 Å². The summed E-state index contributed by atoms with van der Waals surface area (Å²) in [6.07, 6.45) is 8.37. The van der Waals surface area contributed by atoms with Crippen LogP contribution in [0, 0.1) is 6.92 Å². The number of aryl methyl sites for hydroxylation is 3. The molecule has 2 aromatic carbocycles. The van der Waals surface area contributed by atoms with Crippen LogP contribution >= 0.6 is 22.7 Å². The molecule has 0 fully saturated rings. The molecule has 4 heterocycles. The summed E-state index contributed by atoms with van der Waals surface area (Å²) in [6, 6.07) is 13.6. The second-order valence-electron chi connectivity index (χ2n) is 8.34. The van der Waals surface area contributed by atoms with Gasteiger partial charge in [-0.15, -0.1) is 22.7 Å². The SMILES string of the molecule is CCc1ccc(-c2cc(CC)ccc2-c2cn3c(C)csc3n2)c(-c2cn3ccsc3n2)c1. The molecule has 4 aromatic heterocycles. The van der Waals surface area contributed by atoms with E-state index >= 15 is 0 Å². The van der Waals surface area contributed by atoms with Crippen molar-refractivity contribution in [2.45, 2.75) is 33.6 Å². The van der Waals surface area contributed by atoms with Crippen LogP contribution in [0.3, 0.4) is 0 Å². The molecule has 0 saturated carbocycles. The van der Waals surface area contributed by atoms with Gasteiger partial charge in [-0.1, -0.05) is 44.2 Å². The van der Waals surface area contributed by atoms with Crippen molar-refractivity contribution < 1.29 is 0 Å². The minimum absolute atomic E-state index is 0.993. The molecule has 0 aliphatic rings. The number of hydrogen-bond donors (Lipinski definition) is 0. The predicted molar refractivity (Wildman–Crippen MR) is 139 cm³/mol. The van der Waals surface area contributed by atoms with E-state index in [2.05, 4.69) is 95.3 Å². The van der Waals surface area contributed by atoms with Gasteiger partial charge >= 0.3 is 0 Å². The third-order valence-electron chi connectivity index (χ3n) is 6.31. The lowest BCUT2D eigenvalue weighted by Crippen LogP contribution is -1.94. The van der Waals surface area contributed by atoms with Crippen molar-refractivity contribution >= 4 is 32.6 Å². The molecule has 0 saturated heterocycles. The molecule has 0 unspecified atom stereocenters. The fraction of sp³-hybridized carbons (Fsp3) is 0.185. The van der Waals surface area contributed by atoms with E-state index < -0.39 is 0 Å². The fourth-order valence-corrected chi connectivity index (χ4v) is 5.95. The molecule has 164 valence electrons. The zero-order chi connectivity index (χ0) is 22.5. The van der Waals surface area contributed by atoms with Crippen molar-refractivity contribution in [3.05, 3.63) is 82.6 Å². The van der Waals surface area contributed by atoms with Crippen molar-refractivity contribution in [1.29, 1.82) is 0 Å². The van der Waals surface area contributed by atoms with Crippen LogP contribution in [0.5, 0.6) is 0 Å². The Hall–Kier alpha value is -3.22. The Bertz CT molecular complexity index is 1580. The van der Waals surface area contributed by atoms with E-state index in [1.165, 1.54) is 33.5 Å². The van der Waals surface area contributed by atoms with Crippen LogP contribution in [0.15, 0.2) is 65.7 Å². The Morgan fingerprint density at radius 1 is 0.758 bits per heavy atom. The summed E-state index contributed by atoms with van der Waals surface area (Å²) in [5.74, 6) is 0. The molecule has 0 N–H and O–H groups in total. The maximum Gasteiger partial charge on any atom is 0.194 e. The van der Waals surface area contributed by atoms with E-state index in [1.54, 1.807) is 22.7 Å². The number of thiazole rings is 2. The fourth-order valence-electron chi connectivity index (χ4n) is 4.40. The van der Waals surface area contributed by atoms with Gasteiger partial charge in [0.15, 0.2) is 9.92 Å². The molecule has 0 radical (unpaired) electrons. The Morgan fingerprint density at radius 3 is 2.18 bits per heavy atom. The zero-order valence-corrected chi connectivity index (χ0v) is 20.5. The van der Waals surface area contributed by atoms with E-state index in [9.17, 15) is 0 Å². The van der Waals surface area contributed by atoms with E-state index in [0.29, 0.717) is 0 Å². The summed E-state index contributed by atoms with van der Waals surface area (Å²) in [5, 5.41) is 4.23.